The number of nitrogens with one attached hydrogen (secondary N) is 1. The molecule has 0 aliphatic carbocycles. The van der Waals surface area contributed by atoms with Gasteiger partial charge >= 0.3 is 6.03 Å². The van der Waals surface area contributed by atoms with E-state index >= 15 is 0 Å². The average molecular weight is 347 g/mol. The van der Waals surface area contributed by atoms with Crippen LogP contribution in [0.1, 0.15) is 12.0 Å². The smallest absolute Gasteiger partial charge is 0.325 e. The molecular formula is C17H21N3O5. The van der Waals surface area contributed by atoms with Gasteiger partial charge in [-0.3, -0.25) is 14.5 Å². The molecule has 8 heteroatoms. The van der Waals surface area contributed by atoms with Crippen LogP contribution in [0.3, 0.4) is 0 Å². The Balaban J connectivity index is 1.60. The maximum absolute atomic E-state index is 12.5. The number of carbonyl (C=O) groups excluding carboxylic acids is 3. The fourth-order valence-corrected chi connectivity index (χ4v) is 2.89. The molecule has 2 aliphatic rings. The van der Waals surface area contributed by atoms with Crippen molar-refractivity contribution in [2.45, 2.75) is 19.0 Å². The number of rotatable bonds is 5. The lowest BCUT2D eigenvalue weighted by Crippen LogP contribution is -2.44. The van der Waals surface area contributed by atoms with E-state index in [2.05, 4.69) is 5.32 Å². The third-order valence-corrected chi connectivity index (χ3v) is 4.35. The van der Waals surface area contributed by atoms with E-state index in [1.807, 2.05) is 0 Å². The van der Waals surface area contributed by atoms with Crippen molar-refractivity contribution in [3.8, 4) is 5.75 Å². The number of methoxy groups -OCH3 is 1. The molecule has 0 unspecified atom stereocenters. The van der Waals surface area contributed by atoms with Crippen LogP contribution in [0.15, 0.2) is 24.3 Å². The van der Waals surface area contributed by atoms with Crippen molar-refractivity contribution in [3.05, 3.63) is 29.8 Å². The van der Waals surface area contributed by atoms with Gasteiger partial charge in [-0.1, -0.05) is 12.1 Å². The summed E-state index contributed by atoms with van der Waals surface area (Å²) in [5.74, 6) is 0.186. The first-order valence-corrected chi connectivity index (χ1v) is 8.19. The second-order valence-corrected chi connectivity index (χ2v) is 5.97. The number of ether oxygens (including phenoxy) is 2. The molecule has 0 bridgehead atoms. The van der Waals surface area contributed by atoms with E-state index in [-0.39, 0.29) is 24.8 Å². The van der Waals surface area contributed by atoms with E-state index in [0.717, 1.165) is 10.5 Å². The fraction of sp³-hybridized carbons (Fsp3) is 0.471. The SMILES string of the molecule is COc1ccc(CN2C(=O)N[C@H](CC(=O)N3CCOCC3)C2=O)cc1. The lowest BCUT2D eigenvalue weighted by atomic mass is 10.1. The monoisotopic (exact) mass is 347 g/mol. The van der Waals surface area contributed by atoms with Crippen molar-refractivity contribution in [1.29, 1.82) is 0 Å². The van der Waals surface area contributed by atoms with Crippen LogP contribution in [-0.4, -0.2) is 67.1 Å². The molecule has 0 saturated carbocycles. The first kappa shape index (κ1) is 17.2. The number of carbonyl (C=O) groups is 3. The summed E-state index contributed by atoms with van der Waals surface area (Å²) in [5.41, 5.74) is 0.810. The van der Waals surface area contributed by atoms with Crippen LogP contribution in [0, 0.1) is 0 Å². The Hall–Kier alpha value is -2.61. The Labute approximate surface area is 145 Å². The zero-order valence-electron chi connectivity index (χ0n) is 14.1. The van der Waals surface area contributed by atoms with Crippen LogP contribution in [0.4, 0.5) is 4.79 Å². The summed E-state index contributed by atoms with van der Waals surface area (Å²) in [6, 6.07) is 5.86. The molecule has 1 N–H and O–H groups in total. The van der Waals surface area contributed by atoms with Gasteiger partial charge in [-0.15, -0.1) is 0 Å². The molecule has 1 aromatic carbocycles. The van der Waals surface area contributed by atoms with Gasteiger partial charge in [0.1, 0.15) is 11.8 Å². The first-order valence-electron chi connectivity index (χ1n) is 8.19. The number of urea groups is 1. The number of amides is 4. The predicted octanol–water partition coefficient (Wildman–Crippen LogP) is 0.365. The average Bonchev–Trinajstić information content (AvgIpc) is 2.90. The molecule has 0 radical (unpaired) electrons. The van der Waals surface area contributed by atoms with Gasteiger partial charge in [-0.05, 0) is 17.7 Å². The highest BCUT2D eigenvalue weighted by Crippen LogP contribution is 2.17. The normalized spacial score (nSPS) is 20.6. The fourth-order valence-electron chi connectivity index (χ4n) is 2.89. The lowest BCUT2D eigenvalue weighted by molar-refractivity contribution is -0.138. The topological polar surface area (TPSA) is 88.2 Å². The summed E-state index contributed by atoms with van der Waals surface area (Å²) in [5, 5.41) is 2.60. The van der Waals surface area contributed by atoms with Gasteiger partial charge in [0.15, 0.2) is 0 Å². The molecule has 1 aromatic rings. The number of imide groups is 1. The van der Waals surface area contributed by atoms with Crippen LogP contribution < -0.4 is 10.1 Å². The van der Waals surface area contributed by atoms with Crippen LogP contribution in [0.5, 0.6) is 5.75 Å². The zero-order chi connectivity index (χ0) is 17.8. The van der Waals surface area contributed by atoms with Crippen molar-refractivity contribution in [2.24, 2.45) is 0 Å². The Morgan fingerprint density at radius 1 is 1.24 bits per heavy atom. The molecule has 3 rings (SSSR count). The van der Waals surface area contributed by atoms with E-state index in [0.29, 0.717) is 32.1 Å². The first-order chi connectivity index (χ1) is 12.1. The van der Waals surface area contributed by atoms with E-state index in [4.69, 9.17) is 9.47 Å². The number of morpholine rings is 1. The summed E-state index contributed by atoms with van der Waals surface area (Å²) < 4.78 is 10.3. The summed E-state index contributed by atoms with van der Waals surface area (Å²) >= 11 is 0. The van der Waals surface area contributed by atoms with Gasteiger partial charge in [0.25, 0.3) is 5.91 Å². The number of hydrogen-bond donors (Lipinski definition) is 1. The molecular weight excluding hydrogens is 326 g/mol. The maximum atomic E-state index is 12.5. The predicted molar refractivity (Wildman–Crippen MR) is 87.9 cm³/mol. The second kappa shape index (κ2) is 7.52. The molecule has 0 aromatic heterocycles. The minimum Gasteiger partial charge on any atom is -0.497 e. The standard InChI is InChI=1S/C17H21N3O5/c1-24-13-4-2-12(3-5-13)11-20-16(22)14(18-17(20)23)10-15(21)19-6-8-25-9-7-19/h2-5,14H,6-11H2,1H3,(H,18,23)/t14-/m1/s1. The van der Waals surface area contributed by atoms with E-state index < -0.39 is 12.1 Å². The third kappa shape index (κ3) is 3.90. The highest BCUT2D eigenvalue weighted by molar-refractivity contribution is 6.05. The molecule has 1 atom stereocenters. The number of benzene rings is 1. The summed E-state index contributed by atoms with van der Waals surface area (Å²) in [6.45, 7) is 2.20. The molecule has 4 amide bonds. The molecule has 2 aliphatic heterocycles. The van der Waals surface area contributed by atoms with Crippen LogP contribution in [0.25, 0.3) is 0 Å². The Kier molecular flexibility index (Phi) is 5.18. The summed E-state index contributed by atoms with van der Waals surface area (Å²) in [4.78, 5) is 39.7. The van der Waals surface area contributed by atoms with Gasteiger partial charge in [-0.25, -0.2) is 4.79 Å². The van der Waals surface area contributed by atoms with E-state index in [1.165, 1.54) is 0 Å². The van der Waals surface area contributed by atoms with Crippen molar-refractivity contribution in [2.75, 3.05) is 33.4 Å². The van der Waals surface area contributed by atoms with Crippen LogP contribution >= 0.6 is 0 Å². The lowest BCUT2D eigenvalue weighted by Gasteiger charge is -2.27. The highest BCUT2D eigenvalue weighted by Gasteiger charge is 2.39. The van der Waals surface area contributed by atoms with Crippen molar-refractivity contribution < 1.29 is 23.9 Å². The van der Waals surface area contributed by atoms with Crippen molar-refractivity contribution in [1.82, 2.24) is 15.1 Å². The van der Waals surface area contributed by atoms with Crippen LogP contribution in [-0.2, 0) is 20.9 Å². The number of hydrogen-bond acceptors (Lipinski definition) is 5. The van der Waals surface area contributed by atoms with Gasteiger partial charge < -0.3 is 19.7 Å². The Morgan fingerprint density at radius 2 is 1.92 bits per heavy atom. The maximum Gasteiger partial charge on any atom is 0.325 e. The van der Waals surface area contributed by atoms with Crippen molar-refractivity contribution >= 4 is 17.8 Å². The van der Waals surface area contributed by atoms with E-state index in [9.17, 15) is 14.4 Å². The molecule has 2 heterocycles. The molecule has 25 heavy (non-hydrogen) atoms. The molecule has 134 valence electrons. The quantitative estimate of drug-likeness (QED) is 0.777. The van der Waals surface area contributed by atoms with E-state index in [1.54, 1.807) is 36.3 Å². The zero-order valence-corrected chi connectivity index (χ0v) is 14.1. The van der Waals surface area contributed by atoms with Gasteiger partial charge in [0.2, 0.25) is 5.91 Å². The molecule has 0 spiro atoms. The largest absolute Gasteiger partial charge is 0.497 e. The molecule has 2 saturated heterocycles. The Morgan fingerprint density at radius 3 is 2.56 bits per heavy atom. The summed E-state index contributed by atoms with van der Waals surface area (Å²) in [6.07, 6.45) is -0.0241. The van der Waals surface area contributed by atoms with Crippen LogP contribution in [0.2, 0.25) is 0 Å². The van der Waals surface area contributed by atoms with Gasteiger partial charge in [0.05, 0.1) is 33.3 Å². The Bertz CT molecular complexity index is 655. The minimum absolute atomic E-state index is 0.0241. The minimum atomic E-state index is -0.805. The molecule has 8 nitrogen and oxygen atoms in total. The number of nitrogens with zero attached hydrogens (tertiary/aromatic N) is 2. The third-order valence-electron chi connectivity index (χ3n) is 4.35. The van der Waals surface area contributed by atoms with Crippen molar-refractivity contribution in [3.63, 3.8) is 0 Å². The second-order valence-electron chi connectivity index (χ2n) is 5.97. The highest BCUT2D eigenvalue weighted by atomic mass is 16.5. The molecule has 2 fully saturated rings. The van der Waals surface area contributed by atoms with Gasteiger partial charge in [0, 0.05) is 13.1 Å². The van der Waals surface area contributed by atoms with Gasteiger partial charge in [-0.2, -0.15) is 0 Å². The summed E-state index contributed by atoms with van der Waals surface area (Å²) in [7, 11) is 1.57.